The first kappa shape index (κ1) is 16.3. The van der Waals surface area contributed by atoms with Gasteiger partial charge in [-0.05, 0) is 0 Å². The largest absolute Gasteiger partial charge is 0.469 e. The van der Waals surface area contributed by atoms with Crippen molar-refractivity contribution in [1.29, 1.82) is 0 Å². The average Bonchev–Trinajstić information content (AvgIpc) is 3.01. The highest BCUT2D eigenvalue weighted by Gasteiger charge is 2.45. The molecule has 2 aliphatic heterocycles. The van der Waals surface area contributed by atoms with Gasteiger partial charge < -0.3 is 30.1 Å². The van der Waals surface area contributed by atoms with Crippen molar-refractivity contribution in [2.45, 2.75) is 24.5 Å². The van der Waals surface area contributed by atoms with Gasteiger partial charge >= 0.3 is 7.82 Å². The molecule has 0 bridgehead atoms. The van der Waals surface area contributed by atoms with E-state index in [0.29, 0.717) is 17.2 Å². The average molecular weight is 346 g/mol. The van der Waals surface area contributed by atoms with E-state index in [9.17, 15) is 14.8 Å². The molecule has 1 aromatic heterocycles. The summed E-state index contributed by atoms with van der Waals surface area (Å²) in [7, 11) is -4.71. The van der Waals surface area contributed by atoms with Gasteiger partial charge in [-0.2, -0.15) is 0 Å². The van der Waals surface area contributed by atoms with E-state index in [4.69, 9.17) is 14.5 Å². The lowest BCUT2D eigenvalue weighted by Gasteiger charge is -2.19. The predicted octanol–water partition coefficient (Wildman–Crippen LogP) is -1.15. The summed E-state index contributed by atoms with van der Waals surface area (Å²) in [4.78, 5) is 25.6. The van der Waals surface area contributed by atoms with Crippen molar-refractivity contribution >= 4 is 25.7 Å². The summed E-state index contributed by atoms with van der Waals surface area (Å²) in [6, 6.07) is 0. The van der Waals surface area contributed by atoms with E-state index >= 15 is 0 Å². The van der Waals surface area contributed by atoms with Crippen LogP contribution in [0.4, 0.5) is 5.82 Å². The molecule has 2 unspecified atom stereocenters. The molecule has 1 aromatic rings. The molecule has 12 heteroatoms. The number of nitrogens with one attached hydrogen (secondary N) is 1. The Bertz CT molecular complexity index is 699. The molecule has 0 aliphatic carbocycles. The lowest BCUT2D eigenvalue weighted by molar-refractivity contribution is -0.0512. The fourth-order valence-electron chi connectivity index (χ4n) is 2.39. The first-order valence-electron chi connectivity index (χ1n) is 6.55. The van der Waals surface area contributed by atoms with Gasteiger partial charge in [0.05, 0.1) is 25.0 Å². The molecule has 2 aliphatic rings. The highest BCUT2D eigenvalue weighted by atomic mass is 31.2. The number of rotatable bonds is 4. The third-order valence-corrected chi connectivity index (χ3v) is 3.98. The fourth-order valence-corrected chi connectivity index (χ4v) is 2.73. The summed E-state index contributed by atoms with van der Waals surface area (Å²) >= 11 is 0. The topological polar surface area (TPSA) is 159 Å². The zero-order valence-electron chi connectivity index (χ0n) is 11.7. The number of phosphoric ester groups is 1. The third kappa shape index (κ3) is 3.08. The maximum atomic E-state index is 10.7. The standard InChI is InChI=1S/C11H15N4O7P/c1-5-7-10(13-3-12-5)15(4-14-7)11-9(17)8(16)6(22-11)2-21-23(18,19)20/h3-4,6,8-9,11,16-17H,1-2H2,(H,12,13)(H2,18,19,20)/t6-,8?,9?,11-/m0/s1. The van der Waals surface area contributed by atoms with E-state index in [-0.39, 0.29) is 0 Å². The third-order valence-electron chi connectivity index (χ3n) is 3.50. The van der Waals surface area contributed by atoms with E-state index in [1.165, 1.54) is 17.2 Å². The van der Waals surface area contributed by atoms with Crippen LogP contribution in [0, 0.1) is 0 Å². The Morgan fingerprint density at radius 2 is 2.17 bits per heavy atom. The molecule has 0 radical (unpaired) electrons. The molecule has 5 N–H and O–H groups in total. The van der Waals surface area contributed by atoms with Gasteiger partial charge in [0, 0.05) is 0 Å². The Morgan fingerprint density at radius 3 is 2.87 bits per heavy atom. The molecule has 1 saturated heterocycles. The summed E-state index contributed by atoms with van der Waals surface area (Å²) < 4.78 is 21.9. The highest BCUT2D eigenvalue weighted by Crippen LogP contribution is 2.39. The van der Waals surface area contributed by atoms with Crippen LogP contribution in [0.15, 0.2) is 17.9 Å². The minimum atomic E-state index is -4.71. The molecule has 3 rings (SSSR count). The molecule has 11 nitrogen and oxygen atoms in total. The van der Waals surface area contributed by atoms with Gasteiger partial charge in [0.2, 0.25) is 0 Å². The Balaban J connectivity index is 1.81. The van der Waals surface area contributed by atoms with E-state index < -0.39 is 39.0 Å². The lowest BCUT2D eigenvalue weighted by atomic mass is 10.1. The van der Waals surface area contributed by atoms with Crippen molar-refractivity contribution < 1.29 is 33.8 Å². The molecular weight excluding hydrogens is 331 g/mol. The van der Waals surface area contributed by atoms with Crippen LogP contribution in [0.5, 0.6) is 0 Å². The van der Waals surface area contributed by atoms with Crippen LogP contribution in [0.1, 0.15) is 11.9 Å². The molecule has 1 fully saturated rings. The number of aliphatic hydroxyl groups excluding tert-OH is 2. The SMILES string of the molecule is C=C1NC=Nc2c1ncn2[C@H]1O[C@@H](COP(=O)(O)O)C(O)C1O. The smallest absolute Gasteiger partial charge is 0.387 e. The number of imidazole rings is 1. The number of aromatic nitrogens is 2. The van der Waals surface area contributed by atoms with Crippen LogP contribution in [0.2, 0.25) is 0 Å². The summed E-state index contributed by atoms with van der Waals surface area (Å²) in [5.74, 6) is 0.376. The number of fused-ring (bicyclic) bond motifs is 1. The number of ether oxygens (including phenoxy) is 1. The van der Waals surface area contributed by atoms with E-state index in [0.717, 1.165) is 0 Å². The highest BCUT2D eigenvalue weighted by molar-refractivity contribution is 7.46. The van der Waals surface area contributed by atoms with Crippen LogP contribution >= 0.6 is 7.82 Å². The van der Waals surface area contributed by atoms with Crippen LogP contribution in [0.3, 0.4) is 0 Å². The Kier molecular flexibility index (Phi) is 4.10. The molecular formula is C11H15N4O7P. The van der Waals surface area contributed by atoms with Crippen LogP contribution in [0.25, 0.3) is 5.70 Å². The second-order valence-corrected chi connectivity index (χ2v) is 6.28. The first-order valence-corrected chi connectivity index (χ1v) is 8.08. The molecule has 0 aromatic carbocycles. The summed E-state index contributed by atoms with van der Waals surface area (Å²) in [5.41, 5.74) is 0.982. The minimum absolute atomic E-state index is 0.376. The van der Waals surface area contributed by atoms with Gasteiger partial charge in [-0.1, -0.05) is 6.58 Å². The van der Waals surface area contributed by atoms with Gasteiger partial charge in [0.15, 0.2) is 12.0 Å². The maximum absolute atomic E-state index is 10.7. The first-order chi connectivity index (χ1) is 10.8. The molecule has 0 saturated carbocycles. The quantitative estimate of drug-likeness (QED) is 0.424. The summed E-state index contributed by atoms with van der Waals surface area (Å²) in [6.07, 6.45) is -2.12. The van der Waals surface area contributed by atoms with E-state index in [1.54, 1.807) is 0 Å². The lowest BCUT2D eigenvalue weighted by Crippen LogP contribution is -2.33. The molecule has 23 heavy (non-hydrogen) atoms. The Hall–Kier alpha value is -1.59. The van der Waals surface area contributed by atoms with E-state index in [2.05, 4.69) is 26.4 Å². The second kappa shape index (κ2) is 5.80. The molecule has 3 heterocycles. The summed E-state index contributed by atoms with van der Waals surface area (Å²) in [5, 5.41) is 22.9. The van der Waals surface area contributed by atoms with Gasteiger partial charge in [-0.3, -0.25) is 9.09 Å². The van der Waals surface area contributed by atoms with E-state index in [1.807, 2.05) is 0 Å². The van der Waals surface area contributed by atoms with Crippen molar-refractivity contribution in [3.63, 3.8) is 0 Å². The second-order valence-electron chi connectivity index (χ2n) is 5.04. The predicted molar refractivity (Wildman–Crippen MR) is 76.5 cm³/mol. The van der Waals surface area contributed by atoms with Crippen LogP contribution < -0.4 is 5.32 Å². The summed E-state index contributed by atoms with van der Waals surface area (Å²) in [6.45, 7) is 3.19. The Morgan fingerprint density at radius 1 is 1.43 bits per heavy atom. The van der Waals surface area contributed by atoms with Gasteiger partial charge in [0.1, 0.15) is 24.0 Å². The van der Waals surface area contributed by atoms with Crippen molar-refractivity contribution in [3.05, 3.63) is 18.6 Å². The monoisotopic (exact) mass is 346 g/mol. The van der Waals surface area contributed by atoms with Crippen molar-refractivity contribution in [1.82, 2.24) is 14.9 Å². The zero-order valence-corrected chi connectivity index (χ0v) is 12.6. The van der Waals surface area contributed by atoms with Gasteiger partial charge in [-0.15, -0.1) is 0 Å². The molecule has 0 spiro atoms. The number of hydrogen-bond acceptors (Lipinski definition) is 8. The number of hydrogen-bond donors (Lipinski definition) is 5. The van der Waals surface area contributed by atoms with Gasteiger partial charge in [0.25, 0.3) is 0 Å². The van der Waals surface area contributed by atoms with Crippen molar-refractivity contribution in [2.75, 3.05) is 6.61 Å². The fraction of sp³-hybridized carbons (Fsp3) is 0.455. The van der Waals surface area contributed by atoms with Crippen molar-refractivity contribution in [2.24, 2.45) is 4.99 Å². The van der Waals surface area contributed by atoms with Crippen molar-refractivity contribution in [3.8, 4) is 0 Å². The minimum Gasteiger partial charge on any atom is -0.387 e. The number of aliphatic hydroxyl groups is 2. The van der Waals surface area contributed by atoms with Crippen LogP contribution in [-0.4, -0.2) is 60.8 Å². The van der Waals surface area contributed by atoms with Crippen LogP contribution in [-0.2, 0) is 13.8 Å². The maximum Gasteiger partial charge on any atom is 0.469 e. The molecule has 126 valence electrons. The number of phosphoric acid groups is 1. The number of nitrogens with zero attached hydrogens (tertiary/aromatic N) is 3. The number of aliphatic imine (C=N–C) groups is 1. The molecule has 4 atom stereocenters. The Labute approximate surface area is 130 Å². The normalized spacial score (nSPS) is 30.3. The molecule has 0 amide bonds. The van der Waals surface area contributed by atoms with Gasteiger partial charge in [-0.25, -0.2) is 14.5 Å². The zero-order chi connectivity index (χ0) is 16.8.